The first-order valence-electron chi connectivity index (χ1n) is 4.84. The quantitative estimate of drug-likeness (QED) is 0.611. The SMILES string of the molecule is CNNC(=O)C(N)c1ccc2c(c1)OCO2. The highest BCUT2D eigenvalue weighted by Gasteiger charge is 2.19. The van der Waals surface area contributed by atoms with E-state index in [0.717, 1.165) is 0 Å². The molecular formula is C10H13N3O3. The molecule has 1 aliphatic rings. The first kappa shape index (κ1) is 10.7. The van der Waals surface area contributed by atoms with Crippen LogP contribution in [-0.4, -0.2) is 19.7 Å². The number of ether oxygens (including phenoxy) is 2. The van der Waals surface area contributed by atoms with Crippen molar-refractivity contribution in [1.82, 2.24) is 10.9 Å². The molecule has 2 rings (SSSR count). The number of rotatable bonds is 3. The fraction of sp³-hybridized carbons (Fsp3) is 0.300. The van der Waals surface area contributed by atoms with Crippen molar-refractivity contribution in [2.24, 2.45) is 5.73 Å². The first-order chi connectivity index (χ1) is 7.72. The summed E-state index contributed by atoms with van der Waals surface area (Å²) in [6.45, 7) is 0.205. The van der Waals surface area contributed by atoms with E-state index in [0.29, 0.717) is 17.1 Å². The molecule has 0 fully saturated rings. The van der Waals surface area contributed by atoms with Crippen LogP contribution in [0.25, 0.3) is 0 Å². The van der Waals surface area contributed by atoms with Gasteiger partial charge >= 0.3 is 0 Å². The van der Waals surface area contributed by atoms with Gasteiger partial charge in [0.15, 0.2) is 11.5 Å². The van der Waals surface area contributed by atoms with E-state index in [9.17, 15) is 4.79 Å². The highest BCUT2D eigenvalue weighted by molar-refractivity contribution is 5.82. The Morgan fingerprint density at radius 1 is 1.44 bits per heavy atom. The van der Waals surface area contributed by atoms with E-state index in [1.165, 1.54) is 0 Å². The fourth-order valence-electron chi connectivity index (χ4n) is 1.46. The lowest BCUT2D eigenvalue weighted by molar-refractivity contribution is -0.123. The Hall–Kier alpha value is -1.79. The van der Waals surface area contributed by atoms with Crippen molar-refractivity contribution in [3.63, 3.8) is 0 Å². The third-order valence-corrected chi connectivity index (χ3v) is 2.29. The Morgan fingerprint density at radius 3 is 2.94 bits per heavy atom. The summed E-state index contributed by atoms with van der Waals surface area (Å²) in [5.41, 5.74) is 11.4. The maximum Gasteiger partial charge on any atom is 0.255 e. The van der Waals surface area contributed by atoms with Gasteiger partial charge in [0.1, 0.15) is 6.04 Å². The molecule has 1 heterocycles. The molecule has 6 nitrogen and oxygen atoms in total. The molecule has 1 aromatic carbocycles. The Labute approximate surface area is 92.7 Å². The van der Waals surface area contributed by atoms with Crippen LogP contribution in [0.4, 0.5) is 0 Å². The maximum absolute atomic E-state index is 11.5. The topological polar surface area (TPSA) is 85.6 Å². The van der Waals surface area contributed by atoms with E-state index in [4.69, 9.17) is 15.2 Å². The van der Waals surface area contributed by atoms with E-state index < -0.39 is 6.04 Å². The van der Waals surface area contributed by atoms with Crippen LogP contribution in [0.1, 0.15) is 11.6 Å². The summed E-state index contributed by atoms with van der Waals surface area (Å²) < 4.78 is 10.4. The van der Waals surface area contributed by atoms with Gasteiger partial charge in [0.2, 0.25) is 6.79 Å². The van der Waals surface area contributed by atoms with Crippen LogP contribution < -0.4 is 26.1 Å². The monoisotopic (exact) mass is 223 g/mol. The first-order valence-corrected chi connectivity index (χ1v) is 4.84. The molecule has 1 aliphatic heterocycles. The molecule has 0 radical (unpaired) electrons. The van der Waals surface area contributed by atoms with Crippen molar-refractivity contribution < 1.29 is 14.3 Å². The van der Waals surface area contributed by atoms with Crippen molar-refractivity contribution in [2.75, 3.05) is 13.8 Å². The van der Waals surface area contributed by atoms with Gasteiger partial charge < -0.3 is 15.2 Å². The molecule has 1 aromatic rings. The largest absolute Gasteiger partial charge is 0.454 e. The zero-order valence-electron chi connectivity index (χ0n) is 8.82. The van der Waals surface area contributed by atoms with Crippen LogP contribution in [-0.2, 0) is 4.79 Å². The molecule has 1 unspecified atom stereocenters. The van der Waals surface area contributed by atoms with Gasteiger partial charge in [-0.3, -0.25) is 10.2 Å². The molecule has 0 aromatic heterocycles. The molecule has 0 spiro atoms. The van der Waals surface area contributed by atoms with E-state index >= 15 is 0 Å². The summed E-state index contributed by atoms with van der Waals surface area (Å²) >= 11 is 0. The molecule has 1 atom stereocenters. The van der Waals surface area contributed by atoms with Gasteiger partial charge in [0.05, 0.1) is 0 Å². The third-order valence-electron chi connectivity index (χ3n) is 2.29. The number of hydrogen-bond donors (Lipinski definition) is 3. The van der Waals surface area contributed by atoms with E-state index in [1.807, 2.05) is 0 Å². The molecule has 4 N–H and O–H groups in total. The standard InChI is InChI=1S/C10H13N3O3/c1-12-13-10(14)9(11)6-2-3-7-8(4-6)16-5-15-7/h2-4,9,12H,5,11H2,1H3,(H,13,14). The second kappa shape index (κ2) is 4.38. The number of hydrazine groups is 1. The summed E-state index contributed by atoms with van der Waals surface area (Å²) in [6.07, 6.45) is 0. The second-order valence-corrected chi connectivity index (χ2v) is 3.33. The minimum atomic E-state index is -0.734. The number of fused-ring (bicyclic) bond motifs is 1. The van der Waals surface area contributed by atoms with Crippen LogP contribution in [0.2, 0.25) is 0 Å². The van der Waals surface area contributed by atoms with E-state index in [1.54, 1.807) is 25.2 Å². The number of amides is 1. The molecule has 6 heteroatoms. The molecule has 0 saturated heterocycles. The molecule has 0 bridgehead atoms. The fourth-order valence-corrected chi connectivity index (χ4v) is 1.46. The van der Waals surface area contributed by atoms with Crippen LogP contribution in [0.3, 0.4) is 0 Å². The lowest BCUT2D eigenvalue weighted by Crippen LogP contribution is -2.40. The number of nitrogens with one attached hydrogen (secondary N) is 2. The normalized spacial score (nSPS) is 14.6. The summed E-state index contributed by atoms with van der Waals surface area (Å²) in [5.74, 6) is 0.983. The van der Waals surface area contributed by atoms with Gasteiger partial charge in [-0.05, 0) is 17.7 Å². The van der Waals surface area contributed by atoms with Crippen molar-refractivity contribution in [1.29, 1.82) is 0 Å². The zero-order valence-corrected chi connectivity index (χ0v) is 8.82. The molecular weight excluding hydrogens is 210 g/mol. The number of nitrogens with two attached hydrogens (primary N) is 1. The Kier molecular flexibility index (Phi) is 2.93. The van der Waals surface area contributed by atoms with Crippen molar-refractivity contribution >= 4 is 5.91 Å². The summed E-state index contributed by atoms with van der Waals surface area (Å²) in [7, 11) is 1.60. The molecule has 1 amide bonds. The van der Waals surface area contributed by atoms with E-state index in [2.05, 4.69) is 10.9 Å². The van der Waals surface area contributed by atoms with Crippen molar-refractivity contribution in [3.05, 3.63) is 23.8 Å². The minimum Gasteiger partial charge on any atom is -0.454 e. The lowest BCUT2D eigenvalue weighted by Gasteiger charge is -2.12. The maximum atomic E-state index is 11.5. The average Bonchev–Trinajstić information content (AvgIpc) is 2.75. The second-order valence-electron chi connectivity index (χ2n) is 3.33. The van der Waals surface area contributed by atoms with Crippen molar-refractivity contribution in [3.8, 4) is 11.5 Å². The highest BCUT2D eigenvalue weighted by atomic mass is 16.7. The molecule has 16 heavy (non-hydrogen) atoms. The van der Waals surface area contributed by atoms with Crippen LogP contribution in [0.15, 0.2) is 18.2 Å². The summed E-state index contributed by atoms with van der Waals surface area (Å²) in [6, 6.07) is 4.46. The molecule has 86 valence electrons. The van der Waals surface area contributed by atoms with Crippen LogP contribution in [0, 0.1) is 0 Å². The summed E-state index contributed by atoms with van der Waals surface area (Å²) in [5, 5.41) is 0. The van der Waals surface area contributed by atoms with Gasteiger partial charge in [-0.25, -0.2) is 5.43 Å². The van der Waals surface area contributed by atoms with Gasteiger partial charge in [-0.1, -0.05) is 6.07 Å². The number of carbonyl (C=O) groups excluding carboxylic acids is 1. The average molecular weight is 223 g/mol. The van der Waals surface area contributed by atoms with E-state index in [-0.39, 0.29) is 12.7 Å². The Balaban J connectivity index is 2.18. The summed E-state index contributed by atoms with van der Waals surface area (Å²) in [4.78, 5) is 11.5. The third kappa shape index (κ3) is 1.93. The predicted octanol–water partition coefficient (Wildman–Crippen LogP) is -0.334. The predicted molar refractivity (Wildman–Crippen MR) is 56.7 cm³/mol. The van der Waals surface area contributed by atoms with Gasteiger partial charge in [-0.2, -0.15) is 0 Å². The smallest absolute Gasteiger partial charge is 0.255 e. The molecule has 0 aliphatic carbocycles. The Bertz CT molecular complexity index is 408. The van der Waals surface area contributed by atoms with Crippen molar-refractivity contribution in [2.45, 2.75) is 6.04 Å². The lowest BCUT2D eigenvalue weighted by atomic mass is 10.1. The number of hydrogen-bond acceptors (Lipinski definition) is 5. The number of benzene rings is 1. The Morgan fingerprint density at radius 2 is 2.19 bits per heavy atom. The van der Waals surface area contributed by atoms with Crippen LogP contribution in [0.5, 0.6) is 11.5 Å². The van der Waals surface area contributed by atoms with Gasteiger partial charge in [0.25, 0.3) is 5.91 Å². The highest BCUT2D eigenvalue weighted by Crippen LogP contribution is 2.33. The number of carbonyl (C=O) groups is 1. The van der Waals surface area contributed by atoms with Crippen LogP contribution >= 0.6 is 0 Å². The molecule has 0 saturated carbocycles. The van der Waals surface area contributed by atoms with Gasteiger partial charge in [-0.15, -0.1) is 0 Å². The minimum absolute atomic E-state index is 0.205. The van der Waals surface area contributed by atoms with Gasteiger partial charge in [0, 0.05) is 7.05 Å². The zero-order chi connectivity index (χ0) is 11.5.